The number of benzene rings is 1. The van der Waals surface area contributed by atoms with E-state index in [-0.39, 0.29) is 10.8 Å². The van der Waals surface area contributed by atoms with Gasteiger partial charge in [0.2, 0.25) is 10.0 Å². The van der Waals surface area contributed by atoms with Crippen molar-refractivity contribution in [1.82, 2.24) is 14.5 Å². The molecule has 0 aromatic heterocycles. The van der Waals surface area contributed by atoms with Crippen LogP contribution in [0, 0.1) is 0 Å². The van der Waals surface area contributed by atoms with Gasteiger partial charge >= 0.3 is 0 Å². The lowest BCUT2D eigenvalue weighted by molar-refractivity contribution is 0.0643. The molecule has 0 aliphatic carbocycles. The molecule has 0 bridgehead atoms. The highest BCUT2D eigenvalue weighted by molar-refractivity contribution is 7.89. The zero-order valence-corrected chi connectivity index (χ0v) is 15.7. The first-order valence-electron chi connectivity index (χ1n) is 8.28. The van der Waals surface area contributed by atoms with Gasteiger partial charge < -0.3 is 9.80 Å². The number of hydrogen-bond acceptors (Lipinski definition) is 4. The molecular weight excluding hydrogens is 326 g/mol. The Balaban J connectivity index is 2.17. The number of nitrogens with one attached hydrogen (secondary N) is 1. The molecule has 1 aliphatic rings. The first-order chi connectivity index (χ1) is 11.1. The zero-order valence-electron chi connectivity index (χ0n) is 14.9. The monoisotopic (exact) mass is 353 g/mol. The van der Waals surface area contributed by atoms with E-state index in [1.54, 1.807) is 37.8 Å². The Labute approximate surface area is 144 Å². The van der Waals surface area contributed by atoms with Gasteiger partial charge in [0.15, 0.2) is 0 Å². The van der Waals surface area contributed by atoms with Crippen LogP contribution in [0.3, 0.4) is 0 Å². The molecular formula is C17H27N3O3S. The zero-order chi connectivity index (χ0) is 18.0. The molecule has 1 aliphatic heterocycles. The van der Waals surface area contributed by atoms with E-state index in [1.165, 1.54) is 12.1 Å². The highest BCUT2D eigenvalue weighted by atomic mass is 32.2. The molecule has 7 heteroatoms. The molecule has 0 unspecified atom stereocenters. The molecule has 0 spiro atoms. The van der Waals surface area contributed by atoms with E-state index < -0.39 is 15.6 Å². The van der Waals surface area contributed by atoms with Crippen LogP contribution in [0.15, 0.2) is 29.2 Å². The van der Waals surface area contributed by atoms with Crippen molar-refractivity contribution in [2.75, 3.05) is 32.7 Å². The van der Waals surface area contributed by atoms with Crippen molar-refractivity contribution in [3.63, 3.8) is 0 Å². The van der Waals surface area contributed by atoms with Gasteiger partial charge in [-0.05, 0) is 45.5 Å². The van der Waals surface area contributed by atoms with E-state index in [1.807, 2.05) is 0 Å². The van der Waals surface area contributed by atoms with Gasteiger partial charge in [0.25, 0.3) is 5.91 Å². The summed E-state index contributed by atoms with van der Waals surface area (Å²) in [5, 5.41) is 0. The Morgan fingerprint density at radius 2 is 1.79 bits per heavy atom. The highest BCUT2D eigenvalue weighted by Gasteiger charge is 2.25. The summed E-state index contributed by atoms with van der Waals surface area (Å²) in [4.78, 5) is 16.8. The van der Waals surface area contributed by atoms with Crippen LogP contribution in [0.1, 0.15) is 38.1 Å². The molecule has 1 saturated heterocycles. The Kier molecular flexibility index (Phi) is 5.67. The summed E-state index contributed by atoms with van der Waals surface area (Å²) < 4.78 is 27.5. The third kappa shape index (κ3) is 4.78. The van der Waals surface area contributed by atoms with Crippen LogP contribution >= 0.6 is 0 Å². The maximum absolute atomic E-state index is 12.7. The number of rotatable bonds is 4. The van der Waals surface area contributed by atoms with Crippen LogP contribution in [0.5, 0.6) is 0 Å². The van der Waals surface area contributed by atoms with Gasteiger partial charge in [-0.25, -0.2) is 13.1 Å². The Hall–Kier alpha value is -1.44. The van der Waals surface area contributed by atoms with Crippen molar-refractivity contribution >= 4 is 15.9 Å². The third-order valence-corrected chi connectivity index (χ3v) is 5.69. The van der Waals surface area contributed by atoms with Crippen LogP contribution < -0.4 is 4.72 Å². The number of hydrogen-bond donors (Lipinski definition) is 1. The fourth-order valence-corrected chi connectivity index (χ4v) is 4.17. The first kappa shape index (κ1) is 18.9. The van der Waals surface area contributed by atoms with Crippen molar-refractivity contribution in [3.8, 4) is 0 Å². The van der Waals surface area contributed by atoms with Gasteiger partial charge in [0.05, 0.1) is 4.90 Å². The molecule has 1 aromatic carbocycles. The van der Waals surface area contributed by atoms with Crippen molar-refractivity contribution in [1.29, 1.82) is 0 Å². The van der Waals surface area contributed by atoms with Gasteiger partial charge in [-0.2, -0.15) is 0 Å². The molecule has 1 N–H and O–H groups in total. The van der Waals surface area contributed by atoms with Crippen LogP contribution in [0.2, 0.25) is 0 Å². The number of amides is 1. The summed E-state index contributed by atoms with van der Waals surface area (Å²) in [6.07, 6.45) is 0. The minimum atomic E-state index is -3.65. The number of carbonyl (C=O) groups is 1. The summed E-state index contributed by atoms with van der Waals surface area (Å²) in [7, 11) is -3.65. The molecule has 1 amide bonds. The Morgan fingerprint density at radius 3 is 2.33 bits per heavy atom. The van der Waals surface area contributed by atoms with E-state index in [9.17, 15) is 13.2 Å². The second-order valence-corrected chi connectivity index (χ2v) is 8.79. The lowest BCUT2D eigenvalue weighted by atomic mass is 10.1. The summed E-state index contributed by atoms with van der Waals surface area (Å²) in [5.74, 6) is -0.112. The fraction of sp³-hybridized carbons (Fsp3) is 0.588. The van der Waals surface area contributed by atoms with E-state index >= 15 is 0 Å². The summed E-state index contributed by atoms with van der Waals surface area (Å²) in [5.41, 5.74) is -0.160. The standard InChI is InChI=1S/C17H27N3O3S/c1-5-19-9-11-20(12-10-19)16(21)14-7-6-8-15(13-14)24(22,23)18-17(2,3)4/h6-8,13,18H,5,9-12H2,1-4H3. The number of piperazine rings is 1. The van der Waals surface area contributed by atoms with E-state index in [4.69, 9.17) is 0 Å². The summed E-state index contributed by atoms with van der Waals surface area (Å²) in [6.45, 7) is 11.5. The molecule has 134 valence electrons. The Morgan fingerprint density at radius 1 is 1.17 bits per heavy atom. The number of carbonyl (C=O) groups excluding carboxylic acids is 1. The minimum absolute atomic E-state index is 0.112. The topological polar surface area (TPSA) is 69.7 Å². The lowest BCUT2D eigenvalue weighted by Gasteiger charge is -2.34. The summed E-state index contributed by atoms with van der Waals surface area (Å²) >= 11 is 0. The van der Waals surface area contributed by atoms with Crippen molar-refractivity contribution in [2.24, 2.45) is 0 Å². The predicted molar refractivity (Wildman–Crippen MR) is 94.5 cm³/mol. The maximum Gasteiger partial charge on any atom is 0.253 e. The lowest BCUT2D eigenvalue weighted by Crippen LogP contribution is -2.48. The average molecular weight is 353 g/mol. The molecule has 1 aromatic rings. The molecule has 6 nitrogen and oxygen atoms in total. The summed E-state index contributed by atoms with van der Waals surface area (Å²) in [6, 6.07) is 6.26. The van der Waals surface area contributed by atoms with Gasteiger partial charge in [-0.3, -0.25) is 4.79 Å². The molecule has 0 saturated carbocycles. The average Bonchev–Trinajstić information content (AvgIpc) is 2.52. The largest absolute Gasteiger partial charge is 0.336 e. The van der Waals surface area contributed by atoms with Crippen LogP contribution in [-0.4, -0.2) is 62.4 Å². The molecule has 24 heavy (non-hydrogen) atoms. The highest BCUT2D eigenvalue weighted by Crippen LogP contribution is 2.16. The molecule has 0 radical (unpaired) electrons. The molecule has 1 heterocycles. The van der Waals surface area contributed by atoms with E-state index in [0.29, 0.717) is 18.7 Å². The second-order valence-electron chi connectivity index (χ2n) is 7.11. The molecule has 0 atom stereocenters. The van der Waals surface area contributed by atoms with E-state index in [0.717, 1.165) is 19.6 Å². The van der Waals surface area contributed by atoms with Gasteiger partial charge in [0, 0.05) is 37.3 Å². The van der Waals surface area contributed by atoms with Gasteiger partial charge in [0.1, 0.15) is 0 Å². The molecule has 2 rings (SSSR count). The third-order valence-electron chi connectivity index (χ3n) is 3.94. The quantitative estimate of drug-likeness (QED) is 0.891. The minimum Gasteiger partial charge on any atom is -0.336 e. The molecule has 1 fully saturated rings. The normalized spacial score (nSPS) is 17.1. The van der Waals surface area contributed by atoms with Crippen molar-refractivity contribution < 1.29 is 13.2 Å². The van der Waals surface area contributed by atoms with Crippen LogP contribution in [0.25, 0.3) is 0 Å². The fourth-order valence-electron chi connectivity index (χ4n) is 2.71. The van der Waals surface area contributed by atoms with Crippen molar-refractivity contribution in [2.45, 2.75) is 38.1 Å². The number of nitrogens with zero attached hydrogens (tertiary/aromatic N) is 2. The van der Waals surface area contributed by atoms with Gasteiger partial charge in [-0.15, -0.1) is 0 Å². The predicted octanol–water partition coefficient (Wildman–Crippen LogP) is 1.54. The first-order valence-corrected chi connectivity index (χ1v) is 9.76. The van der Waals surface area contributed by atoms with Gasteiger partial charge in [-0.1, -0.05) is 13.0 Å². The number of sulfonamides is 1. The smallest absolute Gasteiger partial charge is 0.253 e. The van der Waals surface area contributed by atoms with Crippen LogP contribution in [0.4, 0.5) is 0 Å². The number of likely N-dealkylation sites (N-methyl/N-ethyl adjacent to an activating group) is 1. The Bertz CT molecular complexity index is 687. The van der Waals surface area contributed by atoms with Crippen LogP contribution in [-0.2, 0) is 10.0 Å². The maximum atomic E-state index is 12.7. The second kappa shape index (κ2) is 7.21. The van der Waals surface area contributed by atoms with E-state index in [2.05, 4.69) is 16.5 Å². The van der Waals surface area contributed by atoms with Crippen molar-refractivity contribution in [3.05, 3.63) is 29.8 Å². The SMILES string of the molecule is CCN1CCN(C(=O)c2cccc(S(=O)(=O)NC(C)(C)C)c2)CC1.